The van der Waals surface area contributed by atoms with E-state index in [-0.39, 0.29) is 16.8 Å². The zero-order valence-electron chi connectivity index (χ0n) is 10.5. The van der Waals surface area contributed by atoms with Crippen LogP contribution < -0.4 is 4.74 Å². The van der Waals surface area contributed by atoms with Gasteiger partial charge in [0.1, 0.15) is 16.9 Å². The molecule has 20 heavy (non-hydrogen) atoms. The molecule has 0 fully saturated rings. The predicted octanol–water partition coefficient (Wildman–Crippen LogP) is 5.15. The first-order chi connectivity index (χ1) is 9.47. The first kappa shape index (κ1) is 14.8. The van der Waals surface area contributed by atoms with Crippen LogP contribution in [0.2, 0.25) is 5.02 Å². The summed E-state index contributed by atoms with van der Waals surface area (Å²) >= 11 is 9.16. The summed E-state index contributed by atoms with van der Waals surface area (Å²) in [5.41, 5.74) is 0.808. The Kier molecular flexibility index (Phi) is 4.62. The fourth-order valence-electron chi connectivity index (χ4n) is 1.74. The largest absolute Gasteiger partial charge is 0.486 e. The van der Waals surface area contributed by atoms with Gasteiger partial charge < -0.3 is 4.74 Å². The summed E-state index contributed by atoms with van der Waals surface area (Å²) < 4.78 is 6.67. The summed E-state index contributed by atoms with van der Waals surface area (Å²) in [6, 6.07) is 12.1. The SMILES string of the molecule is C[C@H](Oc1ccc(Cl)c([N+](=O)[O-])c1)c1cccc(Br)c1. The molecule has 2 rings (SSSR count). The molecule has 0 saturated heterocycles. The van der Waals surface area contributed by atoms with Crippen molar-refractivity contribution < 1.29 is 9.66 Å². The Morgan fingerprint density at radius 1 is 1.30 bits per heavy atom. The second-order valence-corrected chi connectivity index (χ2v) is 5.51. The maximum atomic E-state index is 10.8. The van der Waals surface area contributed by atoms with Gasteiger partial charge in [-0.3, -0.25) is 10.1 Å². The molecule has 2 aromatic carbocycles. The molecule has 0 bridgehead atoms. The molecule has 0 spiro atoms. The summed E-state index contributed by atoms with van der Waals surface area (Å²) in [5, 5.41) is 10.9. The lowest BCUT2D eigenvalue weighted by Gasteiger charge is -2.15. The minimum Gasteiger partial charge on any atom is -0.486 e. The molecule has 0 saturated carbocycles. The Labute approximate surface area is 129 Å². The van der Waals surface area contributed by atoms with E-state index in [4.69, 9.17) is 16.3 Å². The van der Waals surface area contributed by atoms with E-state index in [0.29, 0.717) is 5.75 Å². The van der Waals surface area contributed by atoms with Gasteiger partial charge in [0.2, 0.25) is 0 Å². The third kappa shape index (κ3) is 3.49. The second-order valence-electron chi connectivity index (χ2n) is 4.19. The van der Waals surface area contributed by atoms with Crippen LogP contribution in [0.3, 0.4) is 0 Å². The number of benzene rings is 2. The van der Waals surface area contributed by atoms with E-state index in [1.807, 2.05) is 31.2 Å². The standard InChI is InChI=1S/C14H11BrClNO3/c1-9(10-3-2-4-11(15)7-10)20-12-5-6-13(16)14(8-12)17(18)19/h2-9H,1H3/t9-/m0/s1. The van der Waals surface area contributed by atoms with Crippen LogP contribution in [0.4, 0.5) is 5.69 Å². The fraction of sp³-hybridized carbons (Fsp3) is 0.143. The van der Waals surface area contributed by atoms with E-state index in [1.165, 1.54) is 12.1 Å². The highest BCUT2D eigenvalue weighted by Gasteiger charge is 2.15. The summed E-state index contributed by atoms with van der Waals surface area (Å²) in [6.07, 6.45) is -0.228. The second kappa shape index (κ2) is 6.24. The summed E-state index contributed by atoms with van der Waals surface area (Å²) in [5.74, 6) is 0.411. The molecule has 0 aromatic heterocycles. The molecule has 0 N–H and O–H groups in total. The lowest BCUT2D eigenvalue weighted by molar-refractivity contribution is -0.384. The number of nitrogens with zero attached hydrogens (tertiary/aromatic N) is 1. The van der Waals surface area contributed by atoms with Crippen LogP contribution in [-0.2, 0) is 0 Å². The average Bonchev–Trinajstić information content (AvgIpc) is 2.40. The number of nitro groups is 1. The van der Waals surface area contributed by atoms with E-state index in [0.717, 1.165) is 10.0 Å². The van der Waals surface area contributed by atoms with Gasteiger partial charge in [0.05, 0.1) is 11.0 Å². The molecule has 0 aliphatic rings. The molecule has 1 atom stereocenters. The van der Waals surface area contributed by atoms with Gasteiger partial charge in [0, 0.05) is 4.47 Å². The summed E-state index contributed by atoms with van der Waals surface area (Å²) in [4.78, 5) is 10.3. The third-order valence-electron chi connectivity index (χ3n) is 2.75. The van der Waals surface area contributed by atoms with Crippen molar-refractivity contribution in [3.8, 4) is 5.75 Å². The van der Waals surface area contributed by atoms with Gasteiger partial charge in [0.15, 0.2) is 0 Å². The Bertz CT molecular complexity index is 648. The normalized spacial score (nSPS) is 11.9. The molecule has 4 nitrogen and oxygen atoms in total. The van der Waals surface area contributed by atoms with Crippen LogP contribution in [0.25, 0.3) is 0 Å². The predicted molar refractivity (Wildman–Crippen MR) is 81.3 cm³/mol. The topological polar surface area (TPSA) is 52.4 Å². The minimum atomic E-state index is -0.529. The van der Waals surface area contributed by atoms with Gasteiger partial charge in [-0.25, -0.2) is 0 Å². The number of hydrogen-bond acceptors (Lipinski definition) is 3. The van der Waals surface area contributed by atoms with Crippen molar-refractivity contribution in [2.75, 3.05) is 0 Å². The van der Waals surface area contributed by atoms with Gasteiger partial charge in [-0.15, -0.1) is 0 Å². The Morgan fingerprint density at radius 2 is 2.05 bits per heavy atom. The molecule has 0 aliphatic heterocycles. The van der Waals surface area contributed by atoms with Gasteiger partial charge in [0.25, 0.3) is 5.69 Å². The molecular weight excluding hydrogens is 346 g/mol. The van der Waals surface area contributed by atoms with Crippen molar-refractivity contribution in [1.29, 1.82) is 0 Å². The van der Waals surface area contributed by atoms with Crippen LogP contribution in [-0.4, -0.2) is 4.92 Å². The molecule has 6 heteroatoms. The third-order valence-corrected chi connectivity index (χ3v) is 3.56. The van der Waals surface area contributed by atoms with Crippen molar-refractivity contribution in [3.63, 3.8) is 0 Å². The molecule has 0 amide bonds. The molecule has 0 radical (unpaired) electrons. The van der Waals surface area contributed by atoms with E-state index < -0.39 is 4.92 Å². The maximum absolute atomic E-state index is 10.8. The lowest BCUT2D eigenvalue weighted by atomic mass is 10.1. The number of ether oxygens (including phenoxy) is 1. The number of halogens is 2. The molecule has 0 heterocycles. The van der Waals surface area contributed by atoms with Crippen LogP contribution in [0.5, 0.6) is 5.75 Å². The number of rotatable bonds is 4. The maximum Gasteiger partial charge on any atom is 0.291 e. The quantitative estimate of drug-likeness (QED) is 0.562. The van der Waals surface area contributed by atoms with E-state index in [9.17, 15) is 10.1 Å². The van der Waals surface area contributed by atoms with Crippen LogP contribution in [0.15, 0.2) is 46.9 Å². The Balaban J connectivity index is 2.22. The monoisotopic (exact) mass is 355 g/mol. The lowest BCUT2D eigenvalue weighted by Crippen LogP contribution is -2.03. The average molecular weight is 357 g/mol. The zero-order valence-corrected chi connectivity index (χ0v) is 12.9. The van der Waals surface area contributed by atoms with E-state index in [2.05, 4.69) is 15.9 Å². The molecular formula is C14H11BrClNO3. The molecule has 2 aromatic rings. The summed E-state index contributed by atoms with van der Waals surface area (Å²) in [6.45, 7) is 1.88. The zero-order chi connectivity index (χ0) is 14.7. The van der Waals surface area contributed by atoms with Gasteiger partial charge in [-0.1, -0.05) is 39.7 Å². The first-order valence-corrected chi connectivity index (χ1v) is 7.00. The van der Waals surface area contributed by atoms with Crippen molar-refractivity contribution >= 4 is 33.2 Å². The number of hydrogen-bond donors (Lipinski definition) is 0. The van der Waals surface area contributed by atoms with E-state index in [1.54, 1.807) is 6.07 Å². The first-order valence-electron chi connectivity index (χ1n) is 5.83. The highest BCUT2D eigenvalue weighted by molar-refractivity contribution is 9.10. The van der Waals surface area contributed by atoms with Crippen molar-refractivity contribution in [1.82, 2.24) is 0 Å². The molecule has 104 valence electrons. The highest BCUT2D eigenvalue weighted by atomic mass is 79.9. The van der Waals surface area contributed by atoms with Crippen molar-refractivity contribution in [2.24, 2.45) is 0 Å². The van der Waals surface area contributed by atoms with Crippen LogP contribution in [0.1, 0.15) is 18.6 Å². The summed E-state index contributed by atoms with van der Waals surface area (Å²) in [7, 11) is 0. The van der Waals surface area contributed by atoms with Gasteiger partial charge in [-0.2, -0.15) is 0 Å². The van der Waals surface area contributed by atoms with Crippen LogP contribution >= 0.6 is 27.5 Å². The van der Waals surface area contributed by atoms with E-state index >= 15 is 0 Å². The minimum absolute atomic E-state index is 0.0949. The van der Waals surface area contributed by atoms with Gasteiger partial charge >= 0.3 is 0 Å². The highest BCUT2D eigenvalue weighted by Crippen LogP contribution is 2.31. The Hall–Kier alpha value is -1.59. The fourth-order valence-corrected chi connectivity index (χ4v) is 2.34. The molecule has 0 unspecified atom stereocenters. The number of nitro benzene ring substituents is 1. The smallest absolute Gasteiger partial charge is 0.291 e. The Morgan fingerprint density at radius 3 is 2.70 bits per heavy atom. The van der Waals surface area contributed by atoms with Crippen LogP contribution in [0, 0.1) is 10.1 Å². The van der Waals surface area contributed by atoms with Crippen molar-refractivity contribution in [2.45, 2.75) is 13.0 Å². The van der Waals surface area contributed by atoms with Crippen molar-refractivity contribution in [3.05, 3.63) is 67.6 Å². The van der Waals surface area contributed by atoms with Gasteiger partial charge in [-0.05, 0) is 36.8 Å². The molecule has 0 aliphatic carbocycles.